The van der Waals surface area contributed by atoms with Crippen molar-refractivity contribution in [3.8, 4) is 0 Å². The molecule has 0 radical (unpaired) electrons. The highest BCUT2D eigenvalue weighted by Gasteiger charge is 2.28. The summed E-state index contributed by atoms with van der Waals surface area (Å²) in [7, 11) is -7.03. The maximum atomic E-state index is 12.8. The van der Waals surface area contributed by atoms with Crippen molar-refractivity contribution in [2.24, 2.45) is 0 Å². The van der Waals surface area contributed by atoms with Gasteiger partial charge in [-0.15, -0.1) is 0 Å². The second-order valence-electron chi connectivity index (χ2n) is 9.25. The minimum atomic E-state index is -3.56. The molecule has 2 aromatic rings. The molecular weight excluding hydrogens is 446 g/mol. The van der Waals surface area contributed by atoms with E-state index < -0.39 is 24.8 Å². The molecule has 0 unspecified atom stereocenters. The van der Waals surface area contributed by atoms with E-state index in [0.717, 1.165) is 31.2 Å². The number of nitrogens with one attached hydrogen (secondary N) is 3. The van der Waals surface area contributed by atoms with Crippen molar-refractivity contribution in [3.05, 3.63) is 54.1 Å². The second-order valence-corrected chi connectivity index (χ2v) is 13.4. The van der Waals surface area contributed by atoms with Crippen molar-refractivity contribution < 1.29 is 16.8 Å². The van der Waals surface area contributed by atoms with Crippen molar-refractivity contribution in [2.45, 2.75) is 75.1 Å². The van der Waals surface area contributed by atoms with E-state index in [0.29, 0.717) is 17.9 Å². The molecular formula is C23H33N3O4S2. The van der Waals surface area contributed by atoms with Crippen molar-refractivity contribution in [2.75, 3.05) is 10.0 Å². The van der Waals surface area contributed by atoms with Crippen LogP contribution in [0.5, 0.6) is 0 Å². The summed E-state index contributed by atoms with van der Waals surface area (Å²) in [6, 6.07) is 13.9. The smallest absolute Gasteiger partial charge is 0.240 e. The van der Waals surface area contributed by atoms with E-state index in [1.54, 1.807) is 51.1 Å². The van der Waals surface area contributed by atoms with Crippen molar-refractivity contribution in [3.63, 3.8) is 0 Å². The van der Waals surface area contributed by atoms with Crippen molar-refractivity contribution in [1.82, 2.24) is 4.72 Å². The largest absolute Gasteiger partial charge is 0.381 e. The van der Waals surface area contributed by atoms with Crippen LogP contribution < -0.4 is 14.8 Å². The van der Waals surface area contributed by atoms with Gasteiger partial charge >= 0.3 is 0 Å². The Hall–Kier alpha value is -2.10. The number of benzene rings is 2. The normalized spacial score (nSPS) is 16.0. The van der Waals surface area contributed by atoms with Gasteiger partial charge in [0, 0.05) is 24.0 Å². The molecule has 0 atom stereocenters. The predicted molar refractivity (Wildman–Crippen MR) is 130 cm³/mol. The topological polar surface area (TPSA) is 104 Å². The molecule has 9 heteroatoms. The summed E-state index contributed by atoms with van der Waals surface area (Å²) < 4.78 is 54.6. The highest BCUT2D eigenvalue weighted by Crippen LogP contribution is 2.23. The number of sulfonamides is 2. The van der Waals surface area contributed by atoms with E-state index in [1.165, 1.54) is 6.42 Å². The van der Waals surface area contributed by atoms with Gasteiger partial charge in [0.1, 0.15) is 0 Å². The summed E-state index contributed by atoms with van der Waals surface area (Å²) in [5.41, 5.74) is 2.15. The molecule has 0 aliphatic heterocycles. The van der Waals surface area contributed by atoms with Crippen LogP contribution in [0.1, 0.15) is 58.4 Å². The summed E-state index contributed by atoms with van der Waals surface area (Å²) in [5.74, 6) is 0. The zero-order valence-electron chi connectivity index (χ0n) is 18.9. The molecule has 3 N–H and O–H groups in total. The SMILES string of the molecule is CC(C)(C)S(=O)(=O)Nc1ccc(CNc2cccc(S(=O)(=O)NC3CCCCC3)c2)cc1. The Balaban J connectivity index is 1.61. The van der Waals surface area contributed by atoms with Crippen molar-refractivity contribution >= 4 is 31.4 Å². The molecule has 1 aliphatic carbocycles. The third-order valence-corrected chi connectivity index (χ3v) is 9.22. The highest BCUT2D eigenvalue weighted by atomic mass is 32.2. The van der Waals surface area contributed by atoms with Gasteiger partial charge in [-0.25, -0.2) is 21.6 Å². The van der Waals surface area contributed by atoms with Gasteiger partial charge in [0.15, 0.2) is 0 Å². The molecule has 1 saturated carbocycles. The molecule has 0 amide bonds. The lowest BCUT2D eigenvalue weighted by Crippen LogP contribution is -2.36. The van der Waals surface area contributed by atoms with E-state index in [-0.39, 0.29) is 10.9 Å². The highest BCUT2D eigenvalue weighted by molar-refractivity contribution is 7.94. The predicted octanol–water partition coefficient (Wildman–Crippen LogP) is 4.45. The third kappa shape index (κ3) is 6.46. The van der Waals surface area contributed by atoms with Gasteiger partial charge in [-0.1, -0.05) is 37.5 Å². The first-order valence-electron chi connectivity index (χ1n) is 10.9. The van der Waals surface area contributed by atoms with Crippen LogP contribution in [0.4, 0.5) is 11.4 Å². The summed E-state index contributed by atoms with van der Waals surface area (Å²) in [4.78, 5) is 0.250. The minimum Gasteiger partial charge on any atom is -0.381 e. The standard InChI is InChI=1S/C23H33N3O4S2/c1-23(2,3)32(29,30)26-20-14-12-18(13-15-20)17-24-21-10-7-11-22(16-21)31(27,28)25-19-8-5-4-6-9-19/h7,10-16,19,24-26H,4-6,8-9,17H2,1-3H3. The lowest BCUT2D eigenvalue weighted by molar-refractivity contribution is 0.412. The molecule has 0 heterocycles. The van der Waals surface area contributed by atoms with Crippen LogP contribution in [0.2, 0.25) is 0 Å². The zero-order chi connectivity index (χ0) is 23.4. The molecule has 32 heavy (non-hydrogen) atoms. The van der Waals surface area contributed by atoms with Gasteiger partial charge in [0.25, 0.3) is 0 Å². The van der Waals surface area contributed by atoms with E-state index in [9.17, 15) is 16.8 Å². The Morgan fingerprint density at radius 2 is 1.53 bits per heavy atom. The Bertz CT molecular complexity index is 1120. The Morgan fingerprint density at radius 3 is 2.16 bits per heavy atom. The van der Waals surface area contributed by atoms with Crippen LogP contribution in [0.15, 0.2) is 53.4 Å². The molecule has 176 valence electrons. The first-order valence-corrected chi connectivity index (χ1v) is 13.9. The molecule has 0 bridgehead atoms. The lowest BCUT2D eigenvalue weighted by atomic mass is 9.96. The Morgan fingerprint density at radius 1 is 0.875 bits per heavy atom. The van der Waals surface area contributed by atoms with E-state index in [4.69, 9.17) is 0 Å². The maximum Gasteiger partial charge on any atom is 0.240 e. The molecule has 2 aromatic carbocycles. The summed E-state index contributed by atoms with van der Waals surface area (Å²) in [6.07, 6.45) is 5.07. The summed E-state index contributed by atoms with van der Waals surface area (Å²) in [6.45, 7) is 5.41. The number of hydrogen-bond donors (Lipinski definition) is 3. The van der Waals surface area contributed by atoms with Gasteiger partial charge in [-0.2, -0.15) is 0 Å². The van der Waals surface area contributed by atoms with Crippen LogP contribution in [0, 0.1) is 0 Å². The fourth-order valence-electron chi connectivity index (χ4n) is 3.48. The average molecular weight is 480 g/mol. The fraction of sp³-hybridized carbons (Fsp3) is 0.478. The number of hydrogen-bond acceptors (Lipinski definition) is 5. The van der Waals surface area contributed by atoms with Gasteiger partial charge in [-0.3, -0.25) is 4.72 Å². The van der Waals surface area contributed by atoms with Crippen LogP contribution >= 0.6 is 0 Å². The molecule has 7 nitrogen and oxygen atoms in total. The maximum absolute atomic E-state index is 12.8. The first-order chi connectivity index (χ1) is 15.0. The second kappa shape index (κ2) is 9.80. The van der Waals surface area contributed by atoms with Crippen molar-refractivity contribution in [1.29, 1.82) is 0 Å². The molecule has 0 spiro atoms. The average Bonchev–Trinajstić information content (AvgIpc) is 2.73. The number of anilines is 2. The van der Waals surface area contributed by atoms with Gasteiger partial charge in [0.05, 0.1) is 9.64 Å². The zero-order valence-corrected chi connectivity index (χ0v) is 20.5. The van der Waals surface area contributed by atoms with E-state index >= 15 is 0 Å². The summed E-state index contributed by atoms with van der Waals surface area (Å²) in [5, 5.41) is 3.24. The van der Waals surface area contributed by atoms with Crippen LogP contribution in [0.25, 0.3) is 0 Å². The van der Waals surface area contributed by atoms with Gasteiger partial charge in [0.2, 0.25) is 20.0 Å². The van der Waals surface area contributed by atoms with Gasteiger partial charge < -0.3 is 5.32 Å². The summed E-state index contributed by atoms with van der Waals surface area (Å²) >= 11 is 0. The lowest BCUT2D eigenvalue weighted by Gasteiger charge is -2.22. The number of rotatable bonds is 8. The quantitative estimate of drug-likeness (QED) is 0.519. The monoisotopic (exact) mass is 479 g/mol. The third-order valence-electron chi connectivity index (χ3n) is 5.58. The Labute approximate surface area is 192 Å². The molecule has 1 aliphatic rings. The first kappa shape index (κ1) is 24.5. The molecule has 0 saturated heterocycles. The van der Waals surface area contributed by atoms with Crippen LogP contribution in [0.3, 0.4) is 0 Å². The van der Waals surface area contributed by atoms with Crippen LogP contribution in [-0.4, -0.2) is 27.6 Å². The molecule has 1 fully saturated rings. The fourth-order valence-corrected chi connectivity index (χ4v) is 5.59. The molecule has 0 aromatic heterocycles. The Kier molecular flexibility index (Phi) is 7.52. The van der Waals surface area contributed by atoms with Crippen LogP contribution in [-0.2, 0) is 26.6 Å². The van der Waals surface area contributed by atoms with Gasteiger partial charge in [-0.05, 0) is 69.5 Å². The van der Waals surface area contributed by atoms with E-state index in [2.05, 4.69) is 14.8 Å². The minimum absolute atomic E-state index is 0.0135. The van der Waals surface area contributed by atoms with E-state index in [1.807, 2.05) is 18.2 Å². The molecule has 3 rings (SSSR count).